The Morgan fingerprint density at radius 1 is 0.529 bits per heavy atom. The number of hydrogen-bond acceptors (Lipinski definition) is 15. The number of carbonyl (C=O) groups is 2. The van der Waals surface area contributed by atoms with Crippen LogP contribution >= 0.6 is 10.5 Å². The standard InChI is InChI=1S/C24H42O3.C20H17OS.C18H30O3.C13H14F6O6S2.2C10H14O/c1-7-23(5,6)21(25)27-20(16-22(2,3)4)26-9-8-24-13-17-10-18(14-24)12-19(11-17)15-24;21-14-13-15-9-11-16(12-10-15)22-19-7-3-1-5-17(19)18-6-2-4-8-20(18)22;1-5-17(2,3)15(19)21-16(20-4)18-9-12-6-13(10-18)8-14(7-12)11-18;1-3-8(2)9-4-6-10(7-5-9)25-27(23,24)13(18,19)11(14,15)12(16,17)26(20,21)22;2*1-3-8(2)9-4-6-10(11)7-5-9/h17-20H,7-16H2,1-6H3;1-12,21H,13-14H2;12-14,16H,5-11H2,1-4H3;4-8H,3H2,1-2H3,(H,20,21,22);2*4-8,11H,3H2,1-2H3/q;+1;;;;/p-1. The van der Waals surface area contributed by atoms with Gasteiger partial charge in [0.2, 0.25) is 12.6 Å². The second-order valence-electron chi connectivity index (χ2n) is 37.1. The van der Waals surface area contributed by atoms with Crippen LogP contribution in [0.1, 0.15) is 266 Å². The molecular formula is C95H130F6O15S3. The number of halogens is 6. The Morgan fingerprint density at radius 2 is 0.908 bits per heavy atom. The zero-order valence-corrected chi connectivity index (χ0v) is 74.9. The topological polar surface area (TPSA) is 232 Å². The summed E-state index contributed by atoms with van der Waals surface area (Å²) in [7, 11) is -12.5. The van der Waals surface area contributed by atoms with E-state index in [9.17, 15) is 57.3 Å². The van der Waals surface area contributed by atoms with E-state index in [1.807, 2.05) is 72.7 Å². The van der Waals surface area contributed by atoms with Gasteiger partial charge in [0.25, 0.3) is 0 Å². The molecule has 119 heavy (non-hydrogen) atoms. The smallest absolute Gasteiger partial charge is 0.450 e. The van der Waals surface area contributed by atoms with Crippen LogP contribution in [0.2, 0.25) is 0 Å². The summed E-state index contributed by atoms with van der Waals surface area (Å²) in [6.45, 7) is 31.7. The quantitative estimate of drug-likeness (QED) is 0.0103. The highest BCUT2D eigenvalue weighted by Gasteiger charge is 2.81. The molecule has 7 aromatic rings. The molecule has 660 valence electrons. The summed E-state index contributed by atoms with van der Waals surface area (Å²) in [4.78, 5) is 26.4. The van der Waals surface area contributed by atoms with Gasteiger partial charge in [-0.05, 0) is 309 Å². The van der Waals surface area contributed by atoms with Gasteiger partial charge in [-0.25, -0.2) is 8.42 Å². The van der Waals surface area contributed by atoms with Crippen LogP contribution in [-0.4, -0.2) is 98.0 Å². The maximum Gasteiger partial charge on any atom is 0.450 e. The molecule has 15 rings (SSSR count). The number of phenols is 2. The highest BCUT2D eigenvalue weighted by atomic mass is 32.2. The van der Waals surface area contributed by atoms with Crippen molar-refractivity contribution in [3.8, 4) is 22.1 Å². The SMILES string of the molecule is CCC(C)(C)C(=O)OC(CC(C)(C)C)OCCC12CC3CC(CC(C3)C1)C2.CCC(C)(C)C(=O)OC(OC)C12CC3CC(CC(C3)C1)C2.CCC(C)c1ccc(O)cc1.CCC(C)c1ccc(O)cc1.CCC(C)c1ccc(OS(=O)(=O)C(F)(F)C(F)(F)C(F)(F)S(=O)(=O)[O-])cc1.OCCc1ccc(-[s+]2c3ccccc3c3ccccc32)cc1. The Hall–Kier alpha value is -6.80. The fourth-order valence-electron chi connectivity index (χ4n) is 18.2. The molecule has 5 unspecified atom stereocenters. The van der Waals surface area contributed by atoms with Crippen molar-refractivity contribution in [1.82, 2.24) is 0 Å². The molecule has 24 heteroatoms. The van der Waals surface area contributed by atoms with Gasteiger partial charge >= 0.3 is 38.5 Å². The third-order valence-electron chi connectivity index (χ3n) is 25.8. The molecule has 8 fully saturated rings. The van der Waals surface area contributed by atoms with Crippen LogP contribution in [0, 0.1) is 62.6 Å². The van der Waals surface area contributed by atoms with Crippen molar-refractivity contribution in [1.29, 1.82) is 0 Å². The van der Waals surface area contributed by atoms with Crippen molar-refractivity contribution < 1.29 is 95.8 Å². The normalized spacial score (nSPS) is 22.6. The largest absolute Gasteiger partial charge is 0.743 e. The summed E-state index contributed by atoms with van der Waals surface area (Å²) in [5.74, 6) is -0.948. The molecule has 5 atom stereocenters. The van der Waals surface area contributed by atoms with E-state index in [4.69, 9.17) is 34.3 Å². The van der Waals surface area contributed by atoms with Crippen LogP contribution in [0.15, 0.2) is 146 Å². The first-order valence-corrected chi connectivity index (χ1v) is 46.6. The molecule has 8 saturated carbocycles. The second-order valence-corrected chi connectivity index (χ2v) is 42.0. The number of esters is 2. The second kappa shape index (κ2) is 40.7. The van der Waals surface area contributed by atoms with Crippen LogP contribution in [0.25, 0.3) is 25.1 Å². The Bertz CT molecular complexity index is 4460. The van der Waals surface area contributed by atoms with Gasteiger partial charge in [0.1, 0.15) is 17.2 Å². The minimum atomic E-state index is -7.33. The van der Waals surface area contributed by atoms with Gasteiger partial charge in [0, 0.05) is 46.8 Å². The first kappa shape index (κ1) is 97.6. The lowest BCUT2D eigenvalue weighted by Crippen LogP contribution is -2.61. The highest BCUT2D eigenvalue weighted by molar-refractivity contribution is 7.88. The van der Waals surface area contributed by atoms with Crippen LogP contribution in [0.3, 0.4) is 0 Å². The molecular weight excluding hydrogens is 1590 g/mol. The minimum absolute atomic E-state index is 0.0153. The van der Waals surface area contributed by atoms with E-state index in [2.05, 4.69) is 125 Å². The third kappa shape index (κ3) is 24.4. The fraction of sp³-hybridized carbons (Fsp3) is 0.600. The summed E-state index contributed by atoms with van der Waals surface area (Å²) in [5, 5.41) is 16.2. The molecule has 6 aromatic carbocycles. The van der Waals surface area contributed by atoms with Crippen molar-refractivity contribution in [3.63, 3.8) is 0 Å². The first-order chi connectivity index (χ1) is 55.7. The number of fused-ring (bicyclic) bond motifs is 3. The Kier molecular flexibility index (Phi) is 33.4. The monoisotopic (exact) mass is 1720 g/mol. The average molecular weight is 1720 g/mol. The molecule has 0 radical (unpaired) electrons. The molecule has 0 saturated heterocycles. The molecule has 8 aliphatic carbocycles. The molecule has 15 nitrogen and oxygen atoms in total. The van der Waals surface area contributed by atoms with Gasteiger partial charge in [-0.15, -0.1) is 0 Å². The molecule has 0 amide bonds. The Morgan fingerprint density at radius 3 is 1.27 bits per heavy atom. The van der Waals surface area contributed by atoms with Gasteiger partial charge in [-0.1, -0.05) is 149 Å². The van der Waals surface area contributed by atoms with Crippen LogP contribution in [0.4, 0.5) is 26.3 Å². The van der Waals surface area contributed by atoms with Gasteiger partial charge in [-0.2, -0.15) is 34.8 Å². The number of ether oxygens (including phenoxy) is 4. The van der Waals surface area contributed by atoms with Gasteiger partial charge in [-0.3, -0.25) is 9.59 Å². The number of carbonyl (C=O) groups excluding carboxylic acids is 2. The predicted octanol–water partition coefficient (Wildman–Crippen LogP) is 24.9. The maximum atomic E-state index is 13.6. The maximum absolute atomic E-state index is 13.6. The number of methoxy groups -OCH3 is 1. The number of aliphatic hydroxyl groups is 1. The fourth-order valence-corrected chi connectivity index (χ4v) is 22.0. The van der Waals surface area contributed by atoms with Crippen molar-refractivity contribution in [2.75, 3.05) is 20.3 Å². The summed E-state index contributed by atoms with van der Waals surface area (Å²) in [6.07, 6.45) is 22.8. The van der Waals surface area contributed by atoms with E-state index in [0.717, 1.165) is 99.2 Å². The van der Waals surface area contributed by atoms with E-state index in [1.165, 1.54) is 131 Å². The molecule has 3 N–H and O–H groups in total. The molecule has 0 aliphatic heterocycles. The number of phenolic OH excluding ortho intramolecular Hbond substituents is 2. The lowest BCUT2D eigenvalue weighted by molar-refractivity contribution is -0.247. The predicted molar refractivity (Wildman–Crippen MR) is 460 cm³/mol. The number of thiophene rings is 1. The summed E-state index contributed by atoms with van der Waals surface area (Å²) >= 11 is 0. The highest BCUT2D eigenvalue weighted by Crippen LogP contribution is 2.63. The molecule has 0 spiro atoms. The van der Waals surface area contributed by atoms with Crippen molar-refractivity contribution >= 4 is 62.8 Å². The van der Waals surface area contributed by atoms with Crippen LogP contribution < -0.4 is 4.18 Å². The minimum Gasteiger partial charge on any atom is -0.743 e. The lowest BCUT2D eigenvalue weighted by atomic mass is 9.49. The molecule has 1 aromatic heterocycles. The number of aromatic hydroxyl groups is 2. The summed E-state index contributed by atoms with van der Waals surface area (Å²) in [5.41, 5.74) is 4.23. The lowest BCUT2D eigenvalue weighted by Gasteiger charge is -2.58. The van der Waals surface area contributed by atoms with Crippen LogP contribution in [-0.2, 0) is 55.2 Å². The number of aliphatic hydroxyl groups excluding tert-OH is 1. The first-order valence-electron chi connectivity index (χ1n) is 42.6. The number of hydrogen-bond donors (Lipinski definition) is 3. The van der Waals surface area contributed by atoms with E-state index in [-0.39, 0.29) is 52.1 Å². The van der Waals surface area contributed by atoms with E-state index in [0.29, 0.717) is 40.7 Å². The van der Waals surface area contributed by atoms with E-state index < -0.39 is 59.5 Å². The van der Waals surface area contributed by atoms with E-state index >= 15 is 0 Å². The van der Waals surface area contributed by atoms with Gasteiger partial charge in [0.15, 0.2) is 24.4 Å². The zero-order valence-electron chi connectivity index (χ0n) is 72.5. The van der Waals surface area contributed by atoms with Crippen molar-refractivity contribution in [3.05, 3.63) is 168 Å². The zero-order chi connectivity index (χ0) is 88.1. The average Bonchev–Trinajstić information content (AvgIpc) is 1.52. The van der Waals surface area contributed by atoms with Crippen molar-refractivity contribution in [2.24, 2.45) is 62.6 Å². The Labute approximate surface area is 706 Å². The van der Waals surface area contributed by atoms with Crippen LogP contribution in [0.5, 0.6) is 17.2 Å². The number of rotatable bonds is 28. The summed E-state index contributed by atoms with van der Waals surface area (Å²) in [6, 6.07) is 45.1. The van der Waals surface area contributed by atoms with Crippen molar-refractivity contribution in [2.45, 2.75) is 279 Å². The van der Waals surface area contributed by atoms with Gasteiger partial charge < -0.3 is 43.0 Å². The molecule has 8 aliphatic rings. The third-order valence-corrected chi connectivity index (χ3v) is 30.4. The molecule has 8 bridgehead atoms. The van der Waals surface area contributed by atoms with Gasteiger partial charge in [0.05, 0.1) is 17.4 Å². The van der Waals surface area contributed by atoms with E-state index in [1.54, 1.807) is 38.3 Å². The molecule has 1 heterocycles. The summed E-state index contributed by atoms with van der Waals surface area (Å²) < 4.78 is 164. The number of benzene rings is 6. The number of alkyl halides is 6. The Balaban J connectivity index is 0.000000183.